The molecule has 2 aliphatic rings. The van der Waals surface area contributed by atoms with Crippen LogP contribution in [0.1, 0.15) is 22.7 Å². The Hall–Kier alpha value is -4.37. The summed E-state index contributed by atoms with van der Waals surface area (Å²) in [5, 5.41) is 11.8. The lowest BCUT2D eigenvalue weighted by atomic mass is 9.94. The molecule has 0 aromatic heterocycles. The van der Waals surface area contributed by atoms with Gasteiger partial charge in [-0.1, -0.05) is 29.8 Å². The zero-order chi connectivity index (χ0) is 27.8. The molecule has 0 saturated carbocycles. The largest absolute Gasteiger partial charge is 0.507 e. The van der Waals surface area contributed by atoms with Crippen molar-refractivity contribution in [3.63, 3.8) is 0 Å². The van der Waals surface area contributed by atoms with E-state index in [1.807, 2.05) is 49.3 Å². The minimum atomic E-state index is -0.877. The van der Waals surface area contributed by atoms with Gasteiger partial charge < -0.3 is 33.9 Å². The van der Waals surface area contributed by atoms with E-state index < -0.39 is 23.5 Å². The van der Waals surface area contributed by atoms with E-state index in [1.165, 1.54) is 31.3 Å². The topological polar surface area (TPSA) is 97.8 Å². The van der Waals surface area contributed by atoms with E-state index in [1.54, 1.807) is 12.1 Å². The van der Waals surface area contributed by atoms with Crippen molar-refractivity contribution in [2.45, 2.75) is 12.6 Å². The SMILES string of the molecule is COc1cc(/C(O)=C2\C(=O)C(=O)N(Cc3ccc4c(c3)OCO4)C2c2ccc(N(C)C)cc2)c(OC)cc1Cl. The number of methoxy groups -OCH3 is 2. The fraction of sp³-hybridized carbons (Fsp3) is 0.241. The normalized spacial score (nSPS) is 17.5. The Bertz CT molecular complexity index is 1480. The van der Waals surface area contributed by atoms with Crippen LogP contribution in [0, 0.1) is 0 Å². The first-order valence-electron chi connectivity index (χ1n) is 12.1. The second kappa shape index (κ2) is 10.4. The van der Waals surface area contributed by atoms with E-state index in [0.29, 0.717) is 17.1 Å². The molecular weight excluding hydrogens is 524 g/mol. The van der Waals surface area contributed by atoms with Crippen LogP contribution in [0.15, 0.2) is 60.2 Å². The van der Waals surface area contributed by atoms with Crippen molar-refractivity contribution in [1.29, 1.82) is 0 Å². The van der Waals surface area contributed by atoms with Gasteiger partial charge in [0, 0.05) is 32.4 Å². The predicted octanol–water partition coefficient (Wildman–Crippen LogP) is 4.77. The van der Waals surface area contributed by atoms with Crippen molar-refractivity contribution >= 4 is 34.7 Å². The molecule has 0 aliphatic carbocycles. The Morgan fingerprint density at radius 3 is 2.36 bits per heavy atom. The van der Waals surface area contributed by atoms with Crippen LogP contribution in [-0.4, -0.2) is 56.8 Å². The molecule has 2 aliphatic heterocycles. The van der Waals surface area contributed by atoms with Gasteiger partial charge in [-0.05, 0) is 41.5 Å². The van der Waals surface area contributed by atoms with E-state index in [-0.39, 0.29) is 41.0 Å². The van der Waals surface area contributed by atoms with Gasteiger partial charge in [-0.3, -0.25) is 9.59 Å². The summed E-state index contributed by atoms with van der Waals surface area (Å²) in [4.78, 5) is 30.4. The fourth-order valence-corrected chi connectivity index (χ4v) is 5.00. The number of aliphatic hydroxyl groups is 1. The summed E-state index contributed by atoms with van der Waals surface area (Å²) in [5.74, 6) is -0.270. The molecule has 1 fully saturated rings. The Morgan fingerprint density at radius 1 is 1.00 bits per heavy atom. The molecule has 1 amide bonds. The van der Waals surface area contributed by atoms with Crippen LogP contribution in [0.5, 0.6) is 23.0 Å². The molecule has 10 heteroatoms. The van der Waals surface area contributed by atoms with E-state index in [0.717, 1.165) is 11.3 Å². The number of halogens is 1. The van der Waals surface area contributed by atoms with Crippen LogP contribution < -0.4 is 23.8 Å². The lowest BCUT2D eigenvalue weighted by Gasteiger charge is -2.26. The van der Waals surface area contributed by atoms with Crippen molar-refractivity contribution in [2.24, 2.45) is 0 Å². The quantitative estimate of drug-likeness (QED) is 0.255. The number of hydrogen-bond donors (Lipinski definition) is 1. The minimum absolute atomic E-state index is 0.0685. The number of fused-ring (bicyclic) bond motifs is 1. The van der Waals surface area contributed by atoms with Gasteiger partial charge in [-0.2, -0.15) is 0 Å². The maximum Gasteiger partial charge on any atom is 0.295 e. The molecule has 202 valence electrons. The van der Waals surface area contributed by atoms with Crippen molar-refractivity contribution < 1.29 is 33.6 Å². The Labute approximate surface area is 230 Å². The summed E-state index contributed by atoms with van der Waals surface area (Å²) in [6, 6.07) is 14.9. The summed E-state index contributed by atoms with van der Waals surface area (Å²) in [6.07, 6.45) is 0. The third-order valence-corrected chi connectivity index (χ3v) is 7.08. The molecular formula is C29H27ClN2O7. The molecule has 1 atom stereocenters. The molecule has 1 unspecified atom stereocenters. The van der Waals surface area contributed by atoms with E-state index in [9.17, 15) is 14.7 Å². The Morgan fingerprint density at radius 2 is 1.69 bits per heavy atom. The molecule has 2 heterocycles. The number of amides is 1. The van der Waals surface area contributed by atoms with Gasteiger partial charge in [-0.25, -0.2) is 0 Å². The van der Waals surface area contributed by atoms with Gasteiger partial charge in [0.15, 0.2) is 11.5 Å². The third kappa shape index (κ3) is 4.70. The smallest absolute Gasteiger partial charge is 0.295 e. The van der Waals surface area contributed by atoms with E-state index in [4.69, 9.17) is 30.5 Å². The molecule has 1 saturated heterocycles. The second-order valence-corrected chi connectivity index (χ2v) is 9.69. The highest BCUT2D eigenvalue weighted by molar-refractivity contribution is 6.46. The number of nitrogens with zero attached hydrogens (tertiary/aromatic N) is 2. The first kappa shape index (κ1) is 26.2. The predicted molar refractivity (Wildman–Crippen MR) is 146 cm³/mol. The summed E-state index contributed by atoms with van der Waals surface area (Å²) in [6.45, 7) is 0.215. The van der Waals surface area contributed by atoms with Gasteiger partial charge in [0.25, 0.3) is 11.7 Å². The lowest BCUT2D eigenvalue weighted by Crippen LogP contribution is -2.29. The molecule has 3 aromatic carbocycles. The van der Waals surface area contributed by atoms with Crippen LogP contribution >= 0.6 is 11.6 Å². The van der Waals surface area contributed by atoms with Crippen molar-refractivity contribution in [3.05, 3.63) is 81.9 Å². The molecule has 0 bridgehead atoms. The first-order chi connectivity index (χ1) is 18.7. The molecule has 0 spiro atoms. The summed E-state index contributed by atoms with van der Waals surface area (Å²) >= 11 is 6.26. The highest BCUT2D eigenvalue weighted by atomic mass is 35.5. The van der Waals surface area contributed by atoms with E-state index >= 15 is 0 Å². The van der Waals surface area contributed by atoms with Gasteiger partial charge in [0.1, 0.15) is 17.3 Å². The highest BCUT2D eigenvalue weighted by Gasteiger charge is 2.46. The number of ketones is 1. The molecule has 5 rings (SSSR count). The van der Waals surface area contributed by atoms with Crippen LogP contribution in [0.4, 0.5) is 5.69 Å². The van der Waals surface area contributed by atoms with Crippen molar-refractivity contribution in [2.75, 3.05) is 40.0 Å². The molecule has 1 N–H and O–H groups in total. The average molecular weight is 551 g/mol. The lowest BCUT2D eigenvalue weighted by molar-refractivity contribution is -0.140. The van der Waals surface area contributed by atoms with Crippen LogP contribution in [-0.2, 0) is 16.1 Å². The maximum absolute atomic E-state index is 13.5. The number of carbonyl (C=O) groups excluding carboxylic acids is 2. The highest BCUT2D eigenvalue weighted by Crippen LogP contribution is 2.44. The number of hydrogen-bond acceptors (Lipinski definition) is 8. The van der Waals surface area contributed by atoms with Crippen LogP contribution in [0.3, 0.4) is 0 Å². The Balaban J connectivity index is 1.66. The van der Waals surface area contributed by atoms with Gasteiger partial charge in [0.2, 0.25) is 6.79 Å². The zero-order valence-corrected chi connectivity index (χ0v) is 22.6. The molecule has 9 nitrogen and oxygen atoms in total. The number of rotatable bonds is 7. The van der Waals surface area contributed by atoms with Crippen LogP contribution in [0.2, 0.25) is 5.02 Å². The Kier molecular flexibility index (Phi) is 7.01. The number of benzene rings is 3. The van der Waals surface area contributed by atoms with Crippen LogP contribution in [0.25, 0.3) is 5.76 Å². The average Bonchev–Trinajstić information content (AvgIpc) is 3.50. The summed E-state index contributed by atoms with van der Waals surface area (Å²) in [7, 11) is 6.70. The summed E-state index contributed by atoms with van der Waals surface area (Å²) in [5.41, 5.74) is 2.44. The standard InChI is InChI=1S/C29H27ClN2O7/c1-31(2)18-8-6-17(7-9-18)26-25(27(33)19-12-23(37-4)20(30)13-22(19)36-3)28(34)29(35)32(26)14-16-5-10-21-24(11-16)39-15-38-21/h5-13,26,33H,14-15H2,1-4H3/b27-25+. The van der Waals surface area contributed by atoms with E-state index in [2.05, 4.69) is 0 Å². The monoisotopic (exact) mass is 550 g/mol. The van der Waals surface area contributed by atoms with Crippen molar-refractivity contribution in [1.82, 2.24) is 4.90 Å². The molecule has 0 radical (unpaired) electrons. The fourth-order valence-electron chi connectivity index (χ4n) is 4.77. The zero-order valence-electron chi connectivity index (χ0n) is 21.9. The summed E-state index contributed by atoms with van der Waals surface area (Å²) < 4.78 is 21.6. The second-order valence-electron chi connectivity index (χ2n) is 9.29. The number of likely N-dealkylation sites (tertiary alicyclic amines) is 1. The number of anilines is 1. The maximum atomic E-state index is 13.5. The van der Waals surface area contributed by atoms with Gasteiger partial charge >= 0.3 is 0 Å². The number of Topliss-reactive ketones (excluding diaryl/α,β-unsaturated/α-hetero) is 1. The first-order valence-corrected chi connectivity index (χ1v) is 12.5. The number of aliphatic hydroxyl groups excluding tert-OH is 1. The number of carbonyl (C=O) groups is 2. The van der Waals surface area contributed by atoms with Crippen molar-refractivity contribution in [3.8, 4) is 23.0 Å². The molecule has 39 heavy (non-hydrogen) atoms. The minimum Gasteiger partial charge on any atom is -0.507 e. The molecule has 3 aromatic rings. The van der Waals surface area contributed by atoms with Gasteiger partial charge in [-0.15, -0.1) is 0 Å². The third-order valence-electron chi connectivity index (χ3n) is 6.78. The number of ether oxygens (including phenoxy) is 4. The van der Waals surface area contributed by atoms with Gasteiger partial charge in [0.05, 0.1) is 36.4 Å².